The maximum absolute atomic E-state index is 13.0. The lowest BCUT2D eigenvalue weighted by Gasteiger charge is -2.14. The van der Waals surface area contributed by atoms with Gasteiger partial charge in [0, 0.05) is 42.8 Å². The molecule has 2 amide bonds. The molecule has 3 aromatic carbocycles. The number of nitrogens with one attached hydrogen (secondary N) is 2. The van der Waals surface area contributed by atoms with Crippen LogP contribution in [0.3, 0.4) is 0 Å². The van der Waals surface area contributed by atoms with Crippen molar-refractivity contribution in [2.24, 2.45) is 0 Å². The topological polar surface area (TPSA) is 61.4 Å². The molecule has 184 valence electrons. The van der Waals surface area contributed by atoms with Gasteiger partial charge in [0.25, 0.3) is 0 Å². The molecular weight excluding hydrogens is 467 g/mol. The molecule has 0 bridgehead atoms. The molecule has 0 aliphatic carbocycles. The van der Waals surface area contributed by atoms with Gasteiger partial charge in [-0.05, 0) is 53.1 Å². The van der Waals surface area contributed by atoms with E-state index in [1.807, 2.05) is 43.3 Å². The van der Waals surface area contributed by atoms with Crippen molar-refractivity contribution in [1.29, 1.82) is 0 Å². The first-order chi connectivity index (χ1) is 17.1. The number of carbonyl (C=O) groups excluding carboxylic acids is 2. The van der Waals surface area contributed by atoms with Crippen molar-refractivity contribution in [2.45, 2.75) is 12.6 Å². The van der Waals surface area contributed by atoms with Crippen molar-refractivity contribution in [3.8, 4) is 0 Å². The van der Waals surface area contributed by atoms with Crippen LogP contribution in [0.15, 0.2) is 85.0 Å². The highest BCUT2D eigenvalue weighted by molar-refractivity contribution is 6.05. The number of allylic oxidation sites excluding steroid dienone is 2. The van der Waals surface area contributed by atoms with E-state index in [1.54, 1.807) is 30.4 Å². The van der Waals surface area contributed by atoms with Gasteiger partial charge in [-0.3, -0.25) is 9.59 Å². The number of amides is 2. The molecule has 0 aromatic heterocycles. The molecule has 1 heterocycles. The molecule has 4 rings (SSSR count). The average Bonchev–Trinajstić information content (AvgIpc) is 3.23. The van der Waals surface area contributed by atoms with Gasteiger partial charge in [-0.15, -0.1) is 0 Å². The second-order valence-electron chi connectivity index (χ2n) is 8.50. The van der Waals surface area contributed by atoms with Crippen LogP contribution in [0.2, 0.25) is 0 Å². The van der Waals surface area contributed by atoms with Crippen LogP contribution >= 0.6 is 0 Å². The molecule has 0 saturated carbocycles. The van der Waals surface area contributed by atoms with E-state index in [0.717, 1.165) is 28.9 Å². The van der Waals surface area contributed by atoms with Crippen LogP contribution in [0.5, 0.6) is 0 Å². The number of alkyl halides is 3. The van der Waals surface area contributed by atoms with E-state index in [9.17, 15) is 22.8 Å². The summed E-state index contributed by atoms with van der Waals surface area (Å²) in [6, 6.07) is 17.7. The summed E-state index contributed by atoms with van der Waals surface area (Å²) in [5.74, 6) is -0.527. The van der Waals surface area contributed by atoms with Crippen LogP contribution in [0.25, 0.3) is 5.57 Å². The molecule has 0 spiro atoms. The molecule has 5 nitrogen and oxygen atoms in total. The molecule has 0 radical (unpaired) electrons. The maximum atomic E-state index is 13.0. The summed E-state index contributed by atoms with van der Waals surface area (Å²) in [7, 11) is 3.83. The Hall–Kier alpha value is -4.33. The van der Waals surface area contributed by atoms with Gasteiger partial charge >= 0.3 is 6.18 Å². The quantitative estimate of drug-likeness (QED) is 0.334. The monoisotopic (exact) mass is 491 g/mol. The van der Waals surface area contributed by atoms with Crippen molar-refractivity contribution >= 4 is 34.4 Å². The number of halogens is 3. The van der Waals surface area contributed by atoms with Gasteiger partial charge in [-0.2, -0.15) is 13.2 Å². The first kappa shape index (κ1) is 24.8. The number of anilines is 3. The van der Waals surface area contributed by atoms with Gasteiger partial charge in [0.05, 0.1) is 12.0 Å². The summed E-state index contributed by atoms with van der Waals surface area (Å²) in [6.07, 6.45) is 0.339. The van der Waals surface area contributed by atoms with Gasteiger partial charge in [-0.1, -0.05) is 42.5 Å². The highest BCUT2D eigenvalue weighted by atomic mass is 19.4. The molecule has 0 atom stereocenters. The Morgan fingerprint density at radius 3 is 2.22 bits per heavy atom. The van der Waals surface area contributed by atoms with Crippen LogP contribution in [0, 0.1) is 0 Å². The predicted molar refractivity (Wildman–Crippen MR) is 136 cm³/mol. The summed E-state index contributed by atoms with van der Waals surface area (Å²) in [4.78, 5) is 26.2. The number of hydrogen-bond acceptors (Lipinski definition) is 3. The zero-order chi connectivity index (χ0) is 25.9. The third-order valence-electron chi connectivity index (χ3n) is 5.77. The normalized spacial score (nSPS) is 13.5. The van der Waals surface area contributed by atoms with E-state index in [-0.39, 0.29) is 12.3 Å². The van der Waals surface area contributed by atoms with Crippen molar-refractivity contribution in [2.75, 3.05) is 29.6 Å². The number of nitrogens with zero attached hydrogens (tertiary/aromatic N) is 1. The SMILES string of the molecule is CN(C)c1ccc(C(=CC=CC(=O)Nc2cccc3c2CC(=O)N3)c2ccc(C(F)(F)F)cc2)cc1. The molecule has 8 heteroatoms. The lowest BCUT2D eigenvalue weighted by Crippen LogP contribution is -2.09. The molecule has 0 unspecified atom stereocenters. The second kappa shape index (κ2) is 10.1. The fourth-order valence-corrected chi connectivity index (χ4v) is 3.91. The van der Waals surface area contributed by atoms with E-state index >= 15 is 0 Å². The van der Waals surface area contributed by atoms with Gasteiger partial charge < -0.3 is 15.5 Å². The lowest BCUT2D eigenvalue weighted by molar-refractivity contribution is -0.137. The van der Waals surface area contributed by atoms with Crippen LogP contribution < -0.4 is 15.5 Å². The predicted octanol–water partition coefficient (Wildman–Crippen LogP) is 5.89. The molecule has 1 aliphatic rings. The maximum Gasteiger partial charge on any atom is 0.416 e. The summed E-state index contributed by atoms with van der Waals surface area (Å²) in [5, 5.41) is 5.52. The number of benzene rings is 3. The smallest absolute Gasteiger partial charge is 0.378 e. The zero-order valence-electron chi connectivity index (χ0n) is 19.7. The van der Waals surface area contributed by atoms with Crippen molar-refractivity contribution in [3.63, 3.8) is 0 Å². The Bertz CT molecular complexity index is 1340. The van der Waals surface area contributed by atoms with E-state index in [4.69, 9.17) is 0 Å². The van der Waals surface area contributed by atoms with Crippen molar-refractivity contribution in [3.05, 3.63) is 107 Å². The van der Waals surface area contributed by atoms with Gasteiger partial charge in [0.2, 0.25) is 11.8 Å². The number of rotatable bonds is 6. The Balaban J connectivity index is 1.60. The van der Waals surface area contributed by atoms with Crippen molar-refractivity contribution < 1.29 is 22.8 Å². The number of hydrogen-bond donors (Lipinski definition) is 2. The zero-order valence-corrected chi connectivity index (χ0v) is 19.7. The minimum Gasteiger partial charge on any atom is -0.378 e. The van der Waals surface area contributed by atoms with Crippen LogP contribution in [0.4, 0.5) is 30.2 Å². The minimum absolute atomic E-state index is 0.133. The molecule has 1 aliphatic heterocycles. The minimum atomic E-state index is -4.43. The summed E-state index contributed by atoms with van der Waals surface area (Å²) < 4.78 is 39.1. The Morgan fingerprint density at radius 2 is 1.61 bits per heavy atom. The molecule has 0 saturated heterocycles. The van der Waals surface area contributed by atoms with Gasteiger partial charge in [0.15, 0.2) is 0 Å². The van der Waals surface area contributed by atoms with Crippen LogP contribution in [0.1, 0.15) is 22.3 Å². The van der Waals surface area contributed by atoms with Crippen molar-refractivity contribution in [1.82, 2.24) is 0 Å². The summed E-state index contributed by atoms with van der Waals surface area (Å²) >= 11 is 0. The molecule has 3 aromatic rings. The Kier molecular flexibility index (Phi) is 6.96. The standard InChI is InChI=1S/C28H24F3N3O2/c1-34(2)21-15-11-19(12-16-21)22(18-9-13-20(14-10-18)28(29,30)31)5-3-8-26(35)32-24-6-4-7-25-23(24)17-27(36)33-25/h3-16H,17H2,1-2H3,(H,32,35)(H,33,36). The van der Waals surface area contributed by atoms with E-state index < -0.39 is 17.6 Å². The first-order valence-corrected chi connectivity index (χ1v) is 11.2. The molecular formula is C28H24F3N3O2. The fourth-order valence-electron chi connectivity index (χ4n) is 3.91. The molecule has 0 fully saturated rings. The Morgan fingerprint density at radius 1 is 0.972 bits per heavy atom. The van der Waals surface area contributed by atoms with Gasteiger partial charge in [-0.25, -0.2) is 0 Å². The summed E-state index contributed by atoms with van der Waals surface area (Å²) in [6.45, 7) is 0. The number of fused-ring (bicyclic) bond motifs is 1. The van der Waals surface area contributed by atoms with E-state index in [1.165, 1.54) is 18.2 Å². The van der Waals surface area contributed by atoms with Gasteiger partial charge in [0.1, 0.15) is 0 Å². The third kappa shape index (κ3) is 5.66. The lowest BCUT2D eigenvalue weighted by atomic mass is 9.96. The van der Waals surface area contributed by atoms with Crippen LogP contribution in [-0.2, 0) is 22.2 Å². The second-order valence-corrected chi connectivity index (χ2v) is 8.50. The third-order valence-corrected chi connectivity index (χ3v) is 5.77. The summed E-state index contributed by atoms with van der Waals surface area (Å²) in [5.41, 5.74) is 4.22. The fraction of sp³-hybridized carbons (Fsp3) is 0.143. The highest BCUT2D eigenvalue weighted by Crippen LogP contribution is 2.32. The number of carbonyl (C=O) groups is 2. The van der Waals surface area contributed by atoms with Crippen LogP contribution in [-0.4, -0.2) is 25.9 Å². The highest BCUT2D eigenvalue weighted by Gasteiger charge is 2.30. The average molecular weight is 492 g/mol. The molecule has 36 heavy (non-hydrogen) atoms. The van der Waals surface area contributed by atoms with E-state index in [2.05, 4.69) is 10.6 Å². The first-order valence-electron chi connectivity index (χ1n) is 11.2. The van der Waals surface area contributed by atoms with E-state index in [0.29, 0.717) is 22.5 Å². The molecule has 2 N–H and O–H groups in total. The Labute approximate surface area is 206 Å². The largest absolute Gasteiger partial charge is 0.416 e.